The summed E-state index contributed by atoms with van der Waals surface area (Å²) in [5.41, 5.74) is 0. The summed E-state index contributed by atoms with van der Waals surface area (Å²) in [7, 11) is 0. The second-order valence-corrected chi connectivity index (χ2v) is 9.15. The Balaban J connectivity index is 1.68. The van der Waals surface area contributed by atoms with Crippen LogP contribution in [0.25, 0.3) is 0 Å². The van der Waals surface area contributed by atoms with E-state index in [1.165, 1.54) is 0 Å². The van der Waals surface area contributed by atoms with E-state index >= 15 is 0 Å². The second kappa shape index (κ2) is 9.43. The van der Waals surface area contributed by atoms with Gasteiger partial charge >= 0.3 is 11.9 Å². The van der Waals surface area contributed by atoms with Crippen LogP contribution < -0.4 is 0 Å². The molecule has 5 nitrogen and oxygen atoms in total. The van der Waals surface area contributed by atoms with Crippen LogP contribution in [0.4, 0.5) is 0 Å². The van der Waals surface area contributed by atoms with Gasteiger partial charge in [0.2, 0.25) is 0 Å². The molecule has 3 aliphatic rings. The van der Waals surface area contributed by atoms with Gasteiger partial charge in [0, 0.05) is 12.3 Å². The molecule has 0 amide bonds. The Hall–Kier alpha value is -1.36. The summed E-state index contributed by atoms with van der Waals surface area (Å²) in [4.78, 5) is 24.1. The van der Waals surface area contributed by atoms with Crippen LogP contribution in [0.15, 0.2) is 12.2 Å². The number of aliphatic hydroxyl groups is 1. The van der Waals surface area contributed by atoms with Crippen molar-refractivity contribution in [2.24, 2.45) is 29.6 Å². The topological polar surface area (TPSA) is 72.8 Å². The van der Waals surface area contributed by atoms with Gasteiger partial charge in [0.25, 0.3) is 0 Å². The summed E-state index contributed by atoms with van der Waals surface area (Å²) in [6.45, 7) is 6.19. The van der Waals surface area contributed by atoms with E-state index in [0.717, 1.165) is 38.5 Å². The highest BCUT2D eigenvalue weighted by Crippen LogP contribution is 2.46. The molecule has 1 heterocycles. The molecule has 0 aromatic rings. The first-order chi connectivity index (χ1) is 13.4. The monoisotopic (exact) mass is 392 g/mol. The van der Waals surface area contributed by atoms with Gasteiger partial charge < -0.3 is 14.6 Å². The normalized spacial score (nSPS) is 39.0. The molecule has 0 aromatic heterocycles. The van der Waals surface area contributed by atoms with Crippen LogP contribution in [0.2, 0.25) is 0 Å². The Morgan fingerprint density at radius 3 is 2.82 bits per heavy atom. The van der Waals surface area contributed by atoms with E-state index in [0.29, 0.717) is 30.1 Å². The Kier molecular flexibility index (Phi) is 7.19. The van der Waals surface area contributed by atoms with Crippen molar-refractivity contribution in [1.82, 2.24) is 0 Å². The summed E-state index contributed by atoms with van der Waals surface area (Å²) >= 11 is 0. The molecule has 1 N–H and O–H groups in total. The maximum atomic E-state index is 12.5. The highest BCUT2D eigenvalue weighted by molar-refractivity contribution is 5.72. The molecule has 1 saturated heterocycles. The Morgan fingerprint density at radius 1 is 1.32 bits per heavy atom. The minimum Gasteiger partial charge on any atom is -0.462 e. The van der Waals surface area contributed by atoms with Crippen LogP contribution in [0.1, 0.15) is 72.1 Å². The fourth-order valence-corrected chi connectivity index (χ4v) is 5.29. The van der Waals surface area contributed by atoms with Crippen LogP contribution >= 0.6 is 0 Å². The predicted octanol–water partition coefficient (Wildman–Crippen LogP) is 4.03. The van der Waals surface area contributed by atoms with Crippen LogP contribution in [0.5, 0.6) is 0 Å². The maximum Gasteiger partial charge on any atom is 0.308 e. The number of aliphatic hydroxyl groups excluding tert-OH is 1. The SMILES string of the molecule is CC[C@H](C)C(=O)O[C@H]1CCC[C@H]2C=C[C@H](C)[C@H](CC[C@@H]3C[C@@H](O)CC(=O)O3)[C@H]21. The van der Waals surface area contributed by atoms with Crippen LogP contribution in [-0.4, -0.2) is 35.4 Å². The fraction of sp³-hybridized carbons (Fsp3) is 0.826. The zero-order valence-electron chi connectivity index (χ0n) is 17.5. The zero-order chi connectivity index (χ0) is 20.3. The van der Waals surface area contributed by atoms with Gasteiger partial charge in [-0.2, -0.15) is 0 Å². The van der Waals surface area contributed by atoms with E-state index in [1.54, 1.807) is 0 Å². The van der Waals surface area contributed by atoms with E-state index < -0.39 is 6.10 Å². The molecule has 0 spiro atoms. The molecule has 158 valence electrons. The molecule has 0 aromatic carbocycles. The fourth-order valence-electron chi connectivity index (χ4n) is 5.29. The molecule has 1 aliphatic heterocycles. The van der Waals surface area contributed by atoms with Gasteiger partial charge in [0.15, 0.2) is 0 Å². The lowest BCUT2D eigenvalue weighted by Gasteiger charge is -2.46. The summed E-state index contributed by atoms with van der Waals surface area (Å²) < 4.78 is 11.5. The van der Waals surface area contributed by atoms with Crippen molar-refractivity contribution >= 4 is 11.9 Å². The summed E-state index contributed by atoms with van der Waals surface area (Å²) in [6.07, 6.45) is 10.2. The number of esters is 2. The number of rotatable bonds is 6. The van der Waals surface area contributed by atoms with Crippen molar-refractivity contribution in [1.29, 1.82) is 0 Å². The number of fused-ring (bicyclic) bond motifs is 1. The number of cyclic esters (lactones) is 1. The Bertz CT molecular complexity index is 586. The van der Waals surface area contributed by atoms with E-state index in [4.69, 9.17) is 9.47 Å². The quantitative estimate of drug-likeness (QED) is 0.546. The molecule has 2 fully saturated rings. The molecule has 0 unspecified atom stereocenters. The van der Waals surface area contributed by atoms with Gasteiger partial charge in [-0.05, 0) is 56.3 Å². The second-order valence-electron chi connectivity index (χ2n) is 9.15. The van der Waals surface area contributed by atoms with Crippen molar-refractivity contribution < 1.29 is 24.2 Å². The maximum absolute atomic E-state index is 12.5. The van der Waals surface area contributed by atoms with Gasteiger partial charge in [0.05, 0.1) is 18.4 Å². The van der Waals surface area contributed by atoms with E-state index in [2.05, 4.69) is 19.1 Å². The van der Waals surface area contributed by atoms with Gasteiger partial charge in [-0.25, -0.2) is 0 Å². The largest absolute Gasteiger partial charge is 0.462 e. The van der Waals surface area contributed by atoms with Gasteiger partial charge in [-0.15, -0.1) is 0 Å². The van der Waals surface area contributed by atoms with E-state index in [9.17, 15) is 14.7 Å². The lowest BCUT2D eigenvalue weighted by atomic mass is 9.62. The van der Waals surface area contributed by atoms with Gasteiger partial charge in [0.1, 0.15) is 12.2 Å². The van der Waals surface area contributed by atoms with E-state index in [1.807, 2.05) is 13.8 Å². The number of ether oxygens (including phenoxy) is 2. The molecule has 1 saturated carbocycles. The smallest absolute Gasteiger partial charge is 0.308 e. The number of hydrogen-bond donors (Lipinski definition) is 1. The molecular formula is C23H36O5. The van der Waals surface area contributed by atoms with Crippen molar-refractivity contribution in [2.75, 3.05) is 0 Å². The zero-order valence-corrected chi connectivity index (χ0v) is 17.5. The van der Waals surface area contributed by atoms with Crippen molar-refractivity contribution in [2.45, 2.75) is 90.4 Å². The standard InChI is InChI=1S/C23H36O5/c1-4-14(2)23(26)28-20-7-5-6-16-9-8-15(3)19(22(16)20)11-10-18-12-17(24)13-21(25)27-18/h8-9,14-20,22,24H,4-7,10-13H2,1-3H3/t14-,15-,16-,17+,18+,19-,20-,22-/m0/s1. The number of allylic oxidation sites excluding steroid dienone is 2. The minimum atomic E-state index is -0.582. The van der Waals surface area contributed by atoms with Gasteiger partial charge in [-0.1, -0.05) is 32.9 Å². The van der Waals surface area contributed by atoms with Gasteiger partial charge in [-0.3, -0.25) is 9.59 Å². The lowest BCUT2D eigenvalue weighted by Crippen LogP contribution is -2.44. The molecular weight excluding hydrogens is 356 g/mol. The highest BCUT2D eigenvalue weighted by atomic mass is 16.5. The third-order valence-electron chi connectivity index (χ3n) is 7.12. The molecule has 2 aliphatic carbocycles. The van der Waals surface area contributed by atoms with Crippen molar-refractivity contribution in [3.8, 4) is 0 Å². The average Bonchev–Trinajstić information content (AvgIpc) is 2.66. The average molecular weight is 393 g/mol. The Labute approximate surface area is 168 Å². The molecule has 3 rings (SSSR count). The van der Waals surface area contributed by atoms with Crippen molar-refractivity contribution in [3.63, 3.8) is 0 Å². The first-order valence-electron chi connectivity index (χ1n) is 11.1. The summed E-state index contributed by atoms with van der Waals surface area (Å²) in [6, 6.07) is 0. The third-order valence-corrected chi connectivity index (χ3v) is 7.12. The number of carbonyl (C=O) groups excluding carboxylic acids is 2. The van der Waals surface area contributed by atoms with Crippen LogP contribution in [0.3, 0.4) is 0 Å². The molecule has 0 bridgehead atoms. The lowest BCUT2D eigenvalue weighted by molar-refractivity contribution is -0.164. The molecule has 0 radical (unpaired) electrons. The number of carbonyl (C=O) groups is 2. The minimum absolute atomic E-state index is 0.0165. The number of hydrogen-bond acceptors (Lipinski definition) is 5. The van der Waals surface area contributed by atoms with Crippen LogP contribution in [0, 0.1) is 29.6 Å². The third kappa shape index (κ3) is 4.97. The predicted molar refractivity (Wildman–Crippen MR) is 106 cm³/mol. The van der Waals surface area contributed by atoms with Crippen LogP contribution in [-0.2, 0) is 19.1 Å². The summed E-state index contributed by atoms with van der Waals surface area (Å²) in [5, 5.41) is 9.87. The summed E-state index contributed by atoms with van der Waals surface area (Å²) in [5.74, 6) is 1.19. The van der Waals surface area contributed by atoms with Crippen molar-refractivity contribution in [3.05, 3.63) is 12.2 Å². The Morgan fingerprint density at radius 2 is 2.11 bits per heavy atom. The highest BCUT2D eigenvalue weighted by Gasteiger charge is 2.43. The van der Waals surface area contributed by atoms with E-state index in [-0.39, 0.29) is 36.5 Å². The first kappa shape index (κ1) is 21.4. The molecule has 28 heavy (non-hydrogen) atoms. The molecule has 8 atom stereocenters. The first-order valence-corrected chi connectivity index (χ1v) is 11.1. The molecule has 5 heteroatoms.